The summed E-state index contributed by atoms with van der Waals surface area (Å²) in [6, 6.07) is 7.23. The van der Waals surface area contributed by atoms with Crippen molar-refractivity contribution in [1.82, 2.24) is 24.5 Å². The Hall–Kier alpha value is -3.68. The fourth-order valence-electron chi connectivity index (χ4n) is 4.04. The molecule has 0 saturated carbocycles. The maximum absolute atomic E-state index is 13.3. The number of nitrogens with one attached hydrogen (secondary N) is 1. The summed E-state index contributed by atoms with van der Waals surface area (Å²) in [6.45, 7) is 2.89. The molecule has 0 atom stereocenters. The molecule has 4 aromatic rings. The minimum Gasteiger partial charge on any atom is -0.465 e. The van der Waals surface area contributed by atoms with Crippen LogP contribution < -0.4 is 0 Å². The molecule has 3 aromatic heterocycles. The van der Waals surface area contributed by atoms with Gasteiger partial charge < -0.3 is 14.6 Å². The number of aromatic nitrogens is 4. The molecule has 1 amide bonds. The lowest BCUT2D eigenvalue weighted by atomic mass is 10.0. The van der Waals surface area contributed by atoms with Crippen LogP contribution in [0.2, 0.25) is 0 Å². The van der Waals surface area contributed by atoms with Gasteiger partial charge in [-0.2, -0.15) is 5.10 Å². The molecule has 0 bridgehead atoms. The largest absolute Gasteiger partial charge is 0.465 e. The zero-order chi connectivity index (χ0) is 20.1. The fourth-order valence-corrected chi connectivity index (χ4v) is 4.04. The molecule has 1 aliphatic rings. The number of carbonyl (C=O) groups is 2. The third-order valence-corrected chi connectivity index (χ3v) is 5.47. The molecule has 0 unspecified atom stereocenters. The first-order valence-electron chi connectivity index (χ1n) is 9.38. The Balaban J connectivity index is 1.53. The number of benzene rings is 1. The SMILES string of the molecule is COC(=O)c1ccc2[nH]c3c(c2c1)CN(C(=O)c1c(C)nn2cccnc12)CC3. The Morgan fingerprint density at radius 3 is 2.97 bits per heavy atom. The predicted octanol–water partition coefficient (Wildman–Crippen LogP) is 2.50. The van der Waals surface area contributed by atoms with Crippen molar-refractivity contribution in [3.8, 4) is 0 Å². The first-order valence-corrected chi connectivity index (χ1v) is 9.38. The number of rotatable bonds is 2. The second-order valence-electron chi connectivity index (χ2n) is 7.16. The lowest BCUT2D eigenvalue weighted by Gasteiger charge is -2.27. The van der Waals surface area contributed by atoms with Gasteiger partial charge >= 0.3 is 5.97 Å². The quantitative estimate of drug-likeness (QED) is 0.532. The molecule has 0 radical (unpaired) electrons. The molecule has 8 nitrogen and oxygen atoms in total. The van der Waals surface area contributed by atoms with Gasteiger partial charge in [0, 0.05) is 54.1 Å². The van der Waals surface area contributed by atoms with E-state index >= 15 is 0 Å². The number of aromatic amines is 1. The van der Waals surface area contributed by atoms with Crippen molar-refractivity contribution in [3.05, 3.63) is 64.7 Å². The lowest BCUT2D eigenvalue weighted by Crippen LogP contribution is -2.36. The summed E-state index contributed by atoms with van der Waals surface area (Å²) in [5.74, 6) is -0.459. The normalized spacial score (nSPS) is 13.7. The van der Waals surface area contributed by atoms with Crippen LogP contribution in [-0.2, 0) is 17.7 Å². The van der Waals surface area contributed by atoms with Gasteiger partial charge in [0.2, 0.25) is 0 Å². The maximum atomic E-state index is 13.3. The van der Waals surface area contributed by atoms with Gasteiger partial charge in [0.15, 0.2) is 5.65 Å². The summed E-state index contributed by atoms with van der Waals surface area (Å²) < 4.78 is 6.47. The van der Waals surface area contributed by atoms with Crippen molar-refractivity contribution in [1.29, 1.82) is 0 Å². The number of amides is 1. The minimum absolute atomic E-state index is 0.0830. The standard InChI is InChI=1S/C21H19N5O3/c1-12-18(19-22-7-3-8-26(19)24-12)20(27)25-9-6-17-15(11-25)14-10-13(21(28)29-2)4-5-16(14)23-17/h3-5,7-8,10,23H,6,9,11H2,1-2H3. The topological polar surface area (TPSA) is 92.6 Å². The fraction of sp³-hybridized carbons (Fsp3) is 0.238. The van der Waals surface area contributed by atoms with Gasteiger partial charge in [-0.05, 0) is 31.2 Å². The highest BCUT2D eigenvalue weighted by Crippen LogP contribution is 2.30. The zero-order valence-corrected chi connectivity index (χ0v) is 16.1. The zero-order valence-electron chi connectivity index (χ0n) is 16.1. The van der Waals surface area contributed by atoms with Crippen molar-refractivity contribution in [2.45, 2.75) is 19.9 Å². The van der Waals surface area contributed by atoms with E-state index in [1.807, 2.05) is 24.0 Å². The van der Waals surface area contributed by atoms with E-state index in [-0.39, 0.29) is 11.9 Å². The van der Waals surface area contributed by atoms with E-state index in [0.29, 0.717) is 35.6 Å². The van der Waals surface area contributed by atoms with Crippen LogP contribution in [0.3, 0.4) is 0 Å². The summed E-state index contributed by atoms with van der Waals surface area (Å²) in [4.78, 5) is 34.8. The van der Waals surface area contributed by atoms with Crippen LogP contribution in [0.15, 0.2) is 36.7 Å². The van der Waals surface area contributed by atoms with Crippen LogP contribution in [0.25, 0.3) is 16.6 Å². The summed E-state index contributed by atoms with van der Waals surface area (Å²) in [5.41, 5.74) is 5.33. The van der Waals surface area contributed by atoms with Crippen LogP contribution in [-0.4, -0.2) is 50.0 Å². The molecule has 4 heterocycles. The van der Waals surface area contributed by atoms with E-state index in [1.54, 1.807) is 29.0 Å². The Morgan fingerprint density at radius 1 is 1.28 bits per heavy atom. The highest BCUT2D eigenvalue weighted by molar-refractivity contribution is 6.01. The number of esters is 1. The third-order valence-electron chi connectivity index (χ3n) is 5.47. The van der Waals surface area contributed by atoms with E-state index in [1.165, 1.54) is 7.11 Å². The second-order valence-corrected chi connectivity index (χ2v) is 7.16. The molecular weight excluding hydrogens is 370 g/mol. The summed E-state index contributed by atoms with van der Waals surface area (Å²) in [6.07, 6.45) is 4.17. The number of hydrogen-bond donors (Lipinski definition) is 1. The summed E-state index contributed by atoms with van der Waals surface area (Å²) in [5, 5.41) is 5.34. The second kappa shape index (κ2) is 6.44. The first-order chi connectivity index (χ1) is 14.1. The lowest BCUT2D eigenvalue weighted by molar-refractivity contribution is 0.0600. The molecule has 0 fully saturated rings. The number of H-pyrrole nitrogens is 1. The van der Waals surface area contributed by atoms with Gasteiger partial charge in [-0.1, -0.05) is 0 Å². The number of fused-ring (bicyclic) bond motifs is 4. The van der Waals surface area contributed by atoms with Gasteiger partial charge in [-0.3, -0.25) is 4.79 Å². The highest BCUT2D eigenvalue weighted by Gasteiger charge is 2.28. The Kier molecular flexibility index (Phi) is 3.87. The van der Waals surface area contributed by atoms with Gasteiger partial charge in [0.25, 0.3) is 5.91 Å². The van der Waals surface area contributed by atoms with E-state index in [9.17, 15) is 9.59 Å². The predicted molar refractivity (Wildman–Crippen MR) is 106 cm³/mol. The molecule has 1 aliphatic heterocycles. The minimum atomic E-state index is -0.376. The molecule has 0 aliphatic carbocycles. The first kappa shape index (κ1) is 17.4. The van der Waals surface area contributed by atoms with Crippen LogP contribution >= 0.6 is 0 Å². The van der Waals surface area contributed by atoms with Crippen molar-refractivity contribution in [3.63, 3.8) is 0 Å². The van der Waals surface area contributed by atoms with E-state index in [4.69, 9.17) is 4.74 Å². The number of carbonyl (C=O) groups excluding carboxylic acids is 2. The number of aryl methyl sites for hydroxylation is 1. The van der Waals surface area contributed by atoms with Crippen LogP contribution in [0, 0.1) is 6.92 Å². The van der Waals surface area contributed by atoms with E-state index in [0.717, 1.165) is 28.6 Å². The number of nitrogens with zero attached hydrogens (tertiary/aromatic N) is 4. The molecule has 0 saturated heterocycles. The molecule has 1 aromatic carbocycles. The third kappa shape index (κ3) is 2.67. The van der Waals surface area contributed by atoms with Crippen molar-refractivity contribution < 1.29 is 14.3 Å². The van der Waals surface area contributed by atoms with Crippen LogP contribution in [0.1, 0.15) is 37.7 Å². The molecule has 5 rings (SSSR count). The molecule has 29 heavy (non-hydrogen) atoms. The van der Waals surface area contributed by atoms with Crippen molar-refractivity contribution >= 4 is 28.4 Å². The van der Waals surface area contributed by atoms with E-state index in [2.05, 4.69) is 15.1 Å². The Labute approximate surface area is 166 Å². The monoisotopic (exact) mass is 389 g/mol. The van der Waals surface area contributed by atoms with Crippen LogP contribution in [0.5, 0.6) is 0 Å². The van der Waals surface area contributed by atoms with Gasteiger partial charge in [0.05, 0.1) is 18.4 Å². The molecule has 8 heteroatoms. The number of ether oxygens (including phenoxy) is 1. The number of methoxy groups -OCH3 is 1. The molecular formula is C21H19N5O3. The average molecular weight is 389 g/mol. The molecule has 146 valence electrons. The molecule has 1 N–H and O–H groups in total. The van der Waals surface area contributed by atoms with Gasteiger partial charge in [0.1, 0.15) is 5.56 Å². The smallest absolute Gasteiger partial charge is 0.337 e. The van der Waals surface area contributed by atoms with Gasteiger partial charge in [-0.25, -0.2) is 14.3 Å². The maximum Gasteiger partial charge on any atom is 0.337 e. The van der Waals surface area contributed by atoms with Crippen molar-refractivity contribution in [2.24, 2.45) is 0 Å². The Bertz CT molecular complexity index is 1290. The molecule has 0 spiro atoms. The Morgan fingerprint density at radius 2 is 2.14 bits per heavy atom. The van der Waals surface area contributed by atoms with Crippen molar-refractivity contribution in [2.75, 3.05) is 13.7 Å². The summed E-state index contributed by atoms with van der Waals surface area (Å²) >= 11 is 0. The highest BCUT2D eigenvalue weighted by atomic mass is 16.5. The number of hydrogen-bond acceptors (Lipinski definition) is 5. The summed E-state index contributed by atoms with van der Waals surface area (Å²) in [7, 11) is 1.37. The van der Waals surface area contributed by atoms with Gasteiger partial charge in [-0.15, -0.1) is 0 Å². The van der Waals surface area contributed by atoms with E-state index < -0.39 is 0 Å². The average Bonchev–Trinajstić information content (AvgIpc) is 3.28. The van der Waals surface area contributed by atoms with Crippen LogP contribution in [0.4, 0.5) is 0 Å².